The first-order valence-corrected chi connectivity index (χ1v) is 13.3. The van der Waals surface area contributed by atoms with Gasteiger partial charge in [0.2, 0.25) is 0 Å². The fraction of sp³-hybridized carbons (Fsp3) is 0.385. The average Bonchev–Trinajstić information content (AvgIpc) is 3.63. The molecule has 0 spiro atoms. The van der Waals surface area contributed by atoms with Crippen LogP contribution in [0.5, 0.6) is 5.75 Å². The van der Waals surface area contributed by atoms with Crippen LogP contribution < -0.4 is 10.3 Å². The summed E-state index contributed by atoms with van der Waals surface area (Å²) in [6.45, 7) is 0. The third-order valence-electron chi connectivity index (χ3n) is 6.74. The molecule has 1 atom stereocenters. The van der Waals surface area contributed by atoms with Gasteiger partial charge < -0.3 is 9.52 Å². The van der Waals surface area contributed by atoms with Crippen LogP contribution in [0.3, 0.4) is 0 Å². The van der Waals surface area contributed by atoms with E-state index in [9.17, 15) is 18.3 Å². The van der Waals surface area contributed by atoms with Gasteiger partial charge in [0.05, 0.1) is 5.56 Å². The molecule has 1 aromatic carbocycles. The molecule has 0 radical (unpaired) electrons. The van der Waals surface area contributed by atoms with E-state index in [2.05, 4.69) is 9.71 Å². The first-order chi connectivity index (χ1) is 16.4. The number of aromatic hydroxyl groups is 1. The lowest BCUT2D eigenvalue weighted by Gasteiger charge is -2.22. The van der Waals surface area contributed by atoms with Gasteiger partial charge in [0.1, 0.15) is 16.4 Å². The summed E-state index contributed by atoms with van der Waals surface area (Å²) >= 11 is 0. The Bertz CT molecular complexity index is 1350. The molecular weight excluding hydrogens is 452 g/mol. The van der Waals surface area contributed by atoms with E-state index in [1.54, 1.807) is 24.3 Å². The molecule has 34 heavy (non-hydrogen) atoms. The number of fused-ring (bicyclic) bond motifs is 1. The standard InChI is InChI=1S/C26H28N2O5S/c29-25-21-10-3-1-2-4-11-22(21)33-26(30)24(25)23(17-12-13-17)18-7-5-8-19(15-18)28-34(31,32)20-9-6-14-27-16-20/h5-9,14-17,23,28-29H,1-4,10-13H2. The number of nitrogens with zero attached hydrogens (tertiary/aromatic N) is 1. The zero-order valence-electron chi connectivity index (χ0n) is 18.9. The molecule has 2 aromatic heterocycles. The minimum Gasteiger partial charge on any atom is -0.507 e. The fourth-order valence-corrected chi connectivity index (χ4v) is 5.93. The van der Waals surface area contributed by atoms with Crippen molar-refractivity contribution in [2.24, 2.45) is 5.92 Å². The van der Waals surface area contributed by atoms with Gasteiger partial charge in [-0.05, 0) is 67.9 Å². The number of nitrogens with one attached hydrogen (secondary N) is 1. The average molecular weight is 481 g/mol. The van der Waals surface area contributed by atoms with Crippen molar-refractivity contribution < 1.29 is 17.9 Å². The third-order valence-corrected chi connectivity index (χ3v) is 8.11. The number of benzene rings is 1. The lowest BCUT2D eigenvalue weighted by Crippen LogP contribution is -2.19. The lowest BCUT2D eigenvalue weighted by atomic mass is 9.85. The van der Waals surface area contributed by atoms with E-state index < -0.39 is 15.6 Å². The summed E-state index contributed by atoms with van der Waals surface area (Å²) in [6, 6.07) is 10.1. The SMILES string of the molecule is O=c1oc2c(c(O)c1C(c1cccc(NS(=O)(=O)c3cccnc3)c1)C1CC1)CCCCCC2. The molecule has 1 unspecified atom stereocenters. The molecule has 2 N–H and O–H groups in total. The number of hydrogen-bond donors (Lipinski definition) is 2. The van der Waals surface area contributed by atoms with Crippen LogP contribution in [0.1, 0.15) is 66.9 Å². The largest absolute Gasteiger partial charge is 0.507 e. The van der Waals surface area contributed by atoms with Crippen molar-refractivity contribution in [3.05, 3.63) is 81.7 Å². The van der Waals surface area contributed by atoms with E-state index in [0.717, 1.165) is 49.7 Å². The van der Waals surface area contributed by atoms with Crippen molar-refractivity contribution in [1.29, 1.82) is 0 Å². The van der Waals surface area contributed by atoms with Gasteiger partial charge in [0.15, 0.2) is 0 Å². The zero-order chi connectivity index (χ0) is 23.7. The van der Waals surface area contributed by atoms with E-state index in [1.807, 2.05) is 6.07 Å². The van der Waals surface area contributed by atoms with Crippen molar-refractivity contribution in [2.75, 3.05) is 4.72 Å². The first kappa shape index (κ1) is 22.7. The van der Waals surface area contributed by atoms with Gasteiger partial charge in [-0.15, -0.1) is 0 Å². The molecule has 0 aliphatic heterocycles. The minimum atomic E-state index is -3.80. The highest BCUT2D eigenvalue weighted by molar-refractivity contribution is 7.92. The molecule has 0 saturated heterocycles. The Morgan fingerprint density at radius 3 is 2.59 bits per heavy atom. The number of hydrogen-bond acceptors (Lipinski definition) is 6. The summed E-state index contributed by atoms with van der Waals surface area (Å²) in [7, 11) is -3.80. The molecule has 0 amide bonds. The highest BCUT2D eigenvalue weighted by atomic mass is 32.2. The second kappa shape index (κ2) is 9.25. The van der Waals surface area contributed by atoms with Crippen molar-refractivity contribution in [2.45, 2.75) is 62.2 Å². The summed E-state index contributed by atoms with van der Waals surface area (Å²) in [5, 5.41) is 11.3. The van der Waals surface area contributed by atoms with Crippen LogP contribution in [0, 0.1) is 5.92 Å². The molecule has 178 valence electrons. The van der Waals surface area contributed by atoms with Crippen LogP contribution in [-0.4, -0.2) is 18.5 Å². The molecule has 0 bridgehead atoms. The van der Waals surface area contributed by atoms with Gasteiger partial charge in [0.25, 0.3) is 10.0 Å². The highest BCUT2D eigenvalue weighted by Gasteiger charge is 2.38. The number of aromatic nitrogens is 1. The van der Waals surface area contributed by atoms with Crippen molar-refractivity contribution in [3.8, 4) is 5.75 Å². The van der Waals surface area contributed by atoms with E-state index in [-0.39, 0.29) is 22.5 Å². The Hall–Kier alpha value is -3.13. The normalized spacial score (nSPS) is 17.3. The van der Waals surface area contributed by atoms with E-state index in [0.29, 0.717) is 29.9 Å². The molecule has 2 aliphatic rings. The van der Waals surface area contributed by atoms with Crippen LogP contribution in [0.2, 0.25) is 0 Å². The maximum Gasteiger partial charge on any atom is 0.343 e. The molecule has 1 fully saturated rings. The molecule has 2 aliphatic carbocycles. The molecule has 8 heteroatoms. The van der Waals surface area contributed by atoms with E-state index >= 15 is 0 Å². The van der Waals surface area contributed by atoms with Crippen molar-refractivity contribution in [1.82, 2.24) is 4.98 Å². The summed E-state index contributed by atoms with van der Waals surface area (Å²) in [6.07, 6.45) is 10.1. The zero-order valence-corrected chi connectivity index (χ0v) is 19.7. The maximum atomic E-state index is 13.1. The predicted molar refractivity (Wildman–Crippen MR) is 129 cm³/mol. The second-order valence-corrected chi connectivity index (χ2v) is 10.9. The smallest absolute Gasteiger partial charge is 0.343 e. The summed E-state index contributed by atoms with van der Waals surface area (Å²) in [5.41, 5.74) is 1.74. The Morgan fingerprint density at radius 1 is 1.06 bits per heavy atom. The molecular formula is C26H28N2O5S. The third kappa shape index (κ3) is 4.59. The van der Waals surface area contributed by atoms with Crippen LogP contribution >= 0.6 is 0 Å². The molecule has 3 aromatic rings. The number of aryl methyl sites for hydroxylation is 1. The number of rotatable bonds is 6. The summed E-state index contributed by atoms with van der Waals surface area (Å²) in [4.78, 5) is 17.1. The molecule has 2 heterocycles. The van der Waals surface area contributed by atoms with Gasteiger partial charge >= 0.3 is 5.63 Å². The van der Waals surface area contributed by atoms with Gasteiger partial charge in [-0.25, -0.2) is 13.2 Å². The van der Waals surface area contributed by atoms with Gasteiger partial charge in [-0.3, -0.25) is 9.71 Å². The Morgan fingerprint density at radius 2 is 1.85 bits per heavy atom. The van der Waals surface area contributed by atoms with Gasteiger partial charge in [-0.1, -0.05) is 25.0 Å². The monoisotopic (exact) mass is 480 g/mol. The van der Waals surface area contributed by atoms with E-state index in [4.69, 9.17) is 4.42 Å². The maximum absolute atomic E-state index is 13.1. The number of sulfonamides is 1. The molecule has 1 saturated carbocycles. The summed E-state index contributed by atoms with van der Waals surface area (Å²) < 4.78 is 33.9. The Labute approximate surface area is 198 Å². The minimum absolute atomic E-state index is 0.0615. The molecule has 5 rings (SSSR count). The highest BCUT2D eigenvalue weighted by Crippen LogP contribution is 2.49. The number of pyridine rings is 1. The Balaban J connectivity index is 1.53. The van der Waals surface area contributed by atoms with Crippen LogP contribution in [-0.2, 0) is 22.9 Å². The van der Waals surface area contributed by atoms with Crippen LogP contribution in [0.4, 0.5) is 5.69 Å². The quantitative estimate of drug-likeness (QED) is 0.527. The van der Waals surface area contributed by atoms with E-state index in [1.165, 1.54) is 18.5 Å². The molecule has 7 nitrogen and oxygen atoms in total. The number of anilines is 1. The topological polar surface area (TPSA) is 109 Å². The van der Waals surface area contributed by atoms with Crippen LogP contribution in [0.15, 0.2) is 62.9 Å². The van der Waals surface area contributed by atoms with Crippen LogP contribution in [0.25, 0.3) is 0 Å². The second-order valence-electron chi connectivity index (χ2n) is 9.20. The lowest BCUT2D eigenvalue weighted by molar-refractivity contribution is 0.382. The van der Waals surface area contributed by atoms with Gasteiger partial charge in [0, 0.05) is 36.0 Å². The van der Waals surface area contributed by atoms with Crippen molar-refractivity contribution in [3.63, 3.8) is 0 Å². The predicted octanol–water partition coefficient (Wildman–Crippen LogP) is 4.74. The first-order valence-electron chi connectivity index (χ1n) is 11.8. The Kier molecular flexibility index (Phi) is 6.16. The summed E-state index contributed by atoms with van der Waals surface area (Å²) in [5.74, 6) is 0.519. The van der Waals surface area contributed by atoms with Crippen molar-refractivity contribution >= 4 is 15.7 Å². The fourth-order valence-electron chi connectivity index (χ4n) is 4.91. The van der Waals surface area contributed by atoms with Gasteiger partial charge in [-0.2, -0.15) is 0 Å².